The normalized spacial score (nSPS) is 10.8. The second kappa shape index (κ2) is 9.80. The molecule has 0 aliphatic rings. The van der Waals surface area contributed by atoms with Crippen LogP contribution in [0.4, 0.5) is 23.0 Å². The molecular weight excluding hydrogens is 426 g/mol. The lowest BCUT2D eigenvalue weighted by Gasteiger charge is -2.09. The van der Waals surface area contributed by atoms with Gasteiger partial charge >= 0.3 is 0 Å². The largest absolute Gasteiger partial charge is 0.497 e. The fraction of sp³-hybridized carbons (Fsp3) is 0.0417. The minimum absolute atomic E-state index is 0.254. The van der Waals surface area contributed by atoms with Crippen LogP contribution in [0.25, 0.3) is 0 Å². The van der Waals surface area contributed by atoms with Crippen LogP contribution in [0.2, 0.25) is 5.02 Å². The summed E-state index contributed by atoms with van der Waals surface area (Å²) in [7, 11) is 1.61. The molecule has 3 aromatic carbocycles. The van der Waals surface area contributed by atoms with Crippen LogP contribution in [0.3, 0.4) is 0 Å². The summed E-state index contributed by atoms with van der Waals surface area (Å²) in [6.07, 6.45) is 1.63. The molecule has 0 saturated heterocycles. The van der Waals surface area contributed by atoms with E-state index in [9.17, 15) is 4.79 Å². The molecule has 1 heterocycles. The quantitative estimate of drug-likeness (QED) is 0.312. The van der Waals surface area contributed by atoms with E-state index in [0.717, 1.165) is 17.0 Å². The number of hydrogen-bond acceptors (Lipinski definition) is 5. The van der Waals surface area contributed by atoms with Gasteiger partial charge in [0.2, 0.25) is 0 Å². The maximum absolute atomic E-state index is 13.1. The van der Waals surface area contributed by atoms with Gasteiger partial charge in [-0.05, 0) is 54.1 Å². The van der Waals surface area contributed by atoms with Crippen LogP contribution < -0.4 is 15.4 Å². The van der Waals surface area contributed by atoms with Crippen molar-refractivity contribution in [3.8, 4) is 5.75 Å². The first-order valence-corrected chi connectivity index (χ1v) is 10.2. The number of halogens is 1. The van der Waals surface area contributed by atoms with Crippen molar-refractivity contribution in [3.05, 3.63) is 95.0 Å². The number of anilines is 3. The SMILES string of the molecule is COc1ccc(Nc2[nH]nc(N=Cc3ccc(Cl)cc3)c2C(=O)Nc2ccccc2)cc1. The second-order valence-electron chi connectivity index (χ2n) is 6.78. The number of amides is 1. The summed E-state index contributed by atoms with van der Waals surface area (Å²) >= 11 is 5.94. The van der Waals surface area contributed by atoms with Crippen LogP contribution in [0, 0.1) is 0 Å². The van der Waals surface area contributed by atoms with E-state index < -0.39 is 0 Å². The summed E-state index contributed by atoms with van der Waals surface area (Å²) in [5.41, 5.74) is 2.55. The molecule has 4 aromatic rings. The van der Waals surface area contributed by atoms with Gasteiger partial charge < -0.3 is 15.4 Å². The van der Waals surface area contributed by atoms with E-state index in [0.29, 0.717) is 16.5 Å². The van der Waals surface area contributed by atoms with Crippen molar-refractivity contribution in [1.82, 2.24) is 10.2 Å². The fourth-order valence-electron chi connectivity index (χ4n) is 2.95. The van der Waals surface area contributed by atoms with Gasteiger partial charge in [-0.15, -0.1) is 0 Å². The van der Waals surface area contributed by atoms with E-state index in [1.807, 2.05) is 66.7 Å². The molecule has 0 unspecified atom stereocenters. The molecule has 160 valence electrons. The van der Waals surface area contributed by atoms with Crippen LogP contribution in [-0.4, -0.2) is 29.4 Å². The van der Waals surface area contributed by atoms with Crippen molar-refractivity contribution in [1.29, 1.82) is 0 Å². The number of aromatic amines is 1. The Labute approximate surface area is 190 Å². The lowest BCUT2D eigenvalue weighted by Crippen LogP contribution is -2.13. The number of ether oxygens (including phenoxy) is 1. The molecule has 0 radical (unpaired) electrons. The van der Waals surface area contributed by atoms with Crippen molar-refractivity contribution >= 4 is 46.7 Å². The molecular formula is C24H20ClN5O2. The number of carbonyl (C=O) groups excluding carboxylic acids is 1. The number of nitrogens with zero attached hydrogens (tertiary/aromatic N) is 2. The van der Waals surface area contributed by atoms with Crippen molar-refractivity contribution in [3.63, 3.8) is 0 Å². The molecule has 0 aliphatic carbocycles. The van der Waals surface area contributed by atoms with E-state index in [-0.39, 0.29) is 17.3 Å². The highest BCUT2D eigenvalue weighted by Gasteiger charge is 2.21. The number of nitrogens with one attached hydrogen (secondary N) is 3. The van der Waals surface area contributed by atoms with Crippen molar-refractivity contribution in [2.75, 3.05) is 17.7 Å². The number of H-pyrrole nitrogens is 1. The first-order valence-electron chi connectivity index (χ1n) is 9.78. The predicted molar refractivity (Wildman–Crippen MR) is 128 cm³/mol. The Kier molecular flexibility index (Phi) is 6.48. The Morgan fingerprint density at radius 3 is 2.41 bits per heavy atom. The molecule has 1 amide bonds. The Bertz CT molecular complexity index is 1220. The van der Waals surface area contributed by atoms with E-state index in [1.165, 1.54) is 0 Å². The van der Waals surface area contributed by atoms with Gasteiger partial charge in [-0.25, -0.2) is 4.99 Å². The molecule has 3 N–H and O–H groups in total. The zero-order chi connectivity index (χ0) is 22.3. The van der Waals surface area contributed by atoms with Crippen molar-refractivity contribution < 1.29 is 9.53 Å². The zero-order valence-electron chi connectivity index (χ0n) is 17.2. The third kappa shape index (κ3) is 5.14. The van der Waals surface area contributed by atoms with Gasteiger partial charge in [-0.2, -0.15) is 5.10 Å². The number of aromatic nitrogens is 2. The topological polar surface area (TPSA) is 91.4 Å². The summed E-state index contributed by atoms with van der Waals surface area (Å²) in [5, 5.41) is 13.8. The van der Waals surface area contributed by atoms with Crippen molar-refractivity contribution in [2.45, 2.75) is 0 Å². The number of hydrogen-bond donors (Lipinski definition) is 3. The van der Waals surface area contributed by atoms with Crippen LogP contribution >= 0.6 is 11.6 Å². The molecule has 32 heavy (non-hydrogen) atoms. The zero-order valence-corrected chi connectivity index (χ0v) is 17.9. The minimum Gasteiger partial charge on any atom is -0.497 e. The number of aliphatic imine (C=N–C) groups is 1. The summed E-state index contributed by atoms with van der Waals surface area (Å²) in [6.45, 7) is 0. The third-order valence-electron chi connectivity index (χ3n) is 4.57. The van der Waals surface area contributed by atoms with Gasteiger partial charge in [0.05, 0.1) is 7.11 Å². The Morgan fingerprint density at radius 2 is 1.72 bits per heavy atom. The van der Waals surface area contributed by atoms with Gasteiger partial charge in [0, 0.05) is 22.6 Å². The maximum atomic E-state index is 13.1. The number of rotatable bonds is 7. The Morgan fingerprint density at radius 1 is 1.00 bits per heavy atom. The molecule has 1 aromatic heterocycles. The van der Waals surface area contributed by atoms with Crippen LogP contribution in [-0.2, 0) is 0 Å². The molecule has 7 nitrogen and oxygen atoms in total. The van der Waals surface area contributed by atoms with Gasteiger partial charge in [0.1, 0.15) is 17.1 Å². The summed E-state index contributed by atoms with van der Waals surface area (Å²) in [4.78, 5) is 17.6. The average molecular weight is 446 g/mol. The van der Waals surface area contributed by atoms with Crippen LogP contribution in [0.5, 0.6) is 5.75 Å². The summed E-state index contributed by atoms with van der Waals surface area (Å²) in [5.74, 6) is 1.07. The fourth-order valence-corrected chi connectivity index (χ4v) is 3.08. The average Bonchev–Trinajstić information content (AvgIpc) is 3.22. The lowest BCUT2D eigenvalue weighted by molar-refractivity contribution is 0.102. The predicted octanol–water partition coefficient (Wildman–Crippen LogP) is 5.82. The van der Waals surface area contributed by atoms with Gasteiger partial charge in [-0.3, -0.25) is 9.89 Å². The smallest absolute Gasteiger partial charge is 0.263 e. The third-order valence-corrected chi connectivity index (χ3v) is 4.82. The lowest BCUT2D eigenvalue weighted by atomic mass is 10.2. The number of benzene rings is 3. The molecule has 0 bridgehead atoms. The van der Waals surface area contributed by atoms with Crippen LogP contribution in [0.1, 0.15) is 15.9 Å². The highest BCUT2D eigenvalue weighted by atomic mass is 35.5. The molecule has 4 rings (SSSR count). The van der Waals surface area contributed by atoms with Crippen molar-refractivity contribution in [2.24, 2.45) is 4.99 Å². The number of carbonyl (C=O) groups is 1. The minimum atomic E-state index is -0.343. The Hall–Kier alpha value is -4.10. The van der Waals surface area contributed by atoms with E-state index >= 15 is 0 Å². The van der Waals surface area contributed by atoms with Gasteiger partial charge in [0.25, 0.3) is 5.91 Å². The highest BCUT2D eigenvalue weighted by Crippen LogP contribution is 2.28. The standard InChI is InChI=1S/C24H20ClN5O2/c1-32-20-13-11-19(12-14-20)27-23-21(24(31)28-18-5-3-2-4-6-18)22(29-30-23)26-15-16-7-9-17(25)10-8-16/h2-15H,1H3,(H,28,31)(H2,27,29,30). The molecule has 0 fully saturated rings. The molecule has 0 spiro atoms. The monoisotopic (exact) mass is 445 g/mol. The number of para-hydroxylation sites is 1. The van der Waals surface area contributed by atoms with Gasteiger partial charge in [0.15, 0.2) is 5.82 Å². The van der Waals surface area contributed by atoms with Gasteiger partial charge in [-0.1, -0.05) is 41.9 Å². The Balaban J connectivity index is 1.65. The van der Waals surface area contributed by atoms with E-state index in [4.69, 9.17) is 16.3 Å². The summed E-state index contributed by atoms with van der Waals surface area (Å²) < 4.78 is 5.19. The van der Waals surface area contributed by atoms with Crippen LogP contribution in [0.15, 0.2) is 83.9 Å². The first kappa shape index (κ1) is 21.1. The molecule has 0 saturated carbocycles. The highest BCUT2D eigenvalue weighted by molar-refractivity contribution is 6.30. The first-order chi connectivity index (χ1) is 15.6. The maximum Gasteiger partial charge on any atom is 0.263 e. The molecule has 0 aliphatic heterocycles. The molecule has 8 heteroatoms. The summed E-state index contributed by atoms with van der Waals surface area (Å²) in [6, 6.07) is 23.7. The number of methoxy groups -OCH3 is 1. The van der Waals surface area contributed by atoms with E-state index in [2.05, 4.69) is 25.8 Å². The second-order valence-corrected chi connectivity index (χ2v) is 7.22. The molecule has 0 atom stereocenters. The van der Waals surface area contributed by atoms with E-state index in [1.54, 1.807) is 25.5 Å².